The van der Waals surface area contributed by atoms with Gasteiger partial charge in [-0.05, 0) is 57.1 Å². The van der Waals surface area contributed by atoms with Crippen molar-refractivity contribution in [3.05, 3.63) is 34.1 Å². The minimum atomic E-state index is -0.164. The van der Waals surface area contributed by atoms with E-state index in [1.165, 1.54) is 25.3 Å². The van der Waals surface area contributed by atoms with Gasteiger partial charge in [0.05, 0.1) is 0 Å². The molecule has 1 aliphatic carbocycles. The van der Waals surface area contributed by atoms with Crippen LogP contribution in [0.2, 0.25) is 0 Å². The van der Waals surface area contributed by atoms with E-state index in [9.17, 15) is 4.39 Å². The van der Waals surface area contributed by atoms with Crippen LogP contribution >= 0.6 is 15.9 Å². The zero-order chi connectivity index (χ0) is 15.5. The van der Waals surface area contributed by atoms with E-state index in [0.717, 1.165) is 17.3 Å². The molecular formula is C16H25BrFN3. The van der Waals surface area contributed by atoms with Crippen molar-refractivity contribution in [3.8, 4) is 0 Å². The van der Waals surface area contributed by atoms with E-state index in [2.05, 4.69) is 40.4 Å². The standard InChI is InChI=1S/C16H25BrFN3/c1-21(2)16(8-4-3-5-9-16)15(20-19)11-12-10-13(17)6-7-14(12)18/h6-7,10,15,20H,3-5,8-9,11,19H2,1-2H3. The van der Waals surface area contributed by atoms with Crippen LogP contribution in [0.5, 0.6) is 0 Å². The van der Waals surface area contributed by atoms with Crippen LogP contribution in [0.25, 0.3) is 0 Å². The number of likely N-dealkylation sites (N-methyl/N-ethyl adjacent to an activating group) is 1. The van der Waals surface area contributed by atoms with Crippen LogP contribution in [-0.4, -0.2) is 30.6 Å². The predicted molar refractivity (Wildman–Crippen MR) is 88.4 cm³/mol. The van der Waals surface area contributed by atoms with Crippen LogP contribution < -0.4 is 11.3 Å². The average molecular weight is 358 g/mol. The third-order valence-corrected chi connectivity index (χ3v) is 5.38. The summed E-state index contributed by atoms with van der Waals surface area (Å²) in [5, 5.41) is 0. The Bertz CT molecular complexity index is 473. The summed E-state index contributed by atoms with van der Waals surface area (Å²) in [7, 11) is 4.21. The second-order valence-electron chi connectivity index (χ2n) is 6.22. The Balaban J connectivity index is 2.26. The molecule has 118 valence electrons. The molecule has 0 aliphatic heterocycles. The topological polar surface area (TPSA) is 41.3 Å². The summed E-state index contributed by atoms with van der Waals surface area (Å²) in [5.74, 6) is 5.69. The first-order chi connectivity index (χ1) is 9.99. The van der Waals surface area contributed by atoms with Crippen molar-refractivity contribution in [2.45, 2.75) is 50.1 Å². The maximum atomic E-state index is 14.1. The number of nitrogens with one attached hydrogen (secondary N) is 1. The third-order valence-electron chi connectivity index (χ3n) is 4.89. The highest BCUT2D eigenvalue weighted by Gasteiger charge is 2.41. The van der Waals surface area contributed by atoms with E-state index in [1.54, 1.807) is 6.07 Å². The van der Waals surface area contributed by atoms with Gasteiger partial charge in [0.2, 0.25) is 0 Å². The van der Waals surface area contributed by atoms with Crippen molar-refractivity contribution in [3.63, 3.8) is 0 Å². The molecule has 0 amide bonds. The van der Waals surface area contributed by atoms with Gasteiger partial charge in [-0.3, -0.25) is 11.3 Å². The fraction of sp³-hybridized carbons (Fsp3) is 0.625. The molecule has 3 N–H and O–H groups in total. The van der Waals surface area contributed by atoms with Crippen molar-refractivity contribution < 1.29 is 4.39 Å². The minimum Gasteiger partial charge on any atom is -0.302 e. The monoisotopic (exact) mass is 357 g/mol. The highest BCUT2D eigenvalue weighted by atomic mass is 79.9. The summed E-state index contributed by atoms with van der Waals surface area (Å²) in [6, 6.07) is 5.13. The lowest BCUT2D eigenvalue weighted by atomic mass is 9.73. The Hall–Kier alpha value is -0.490. The highest BCUT2D eigenvalue weighted by molar-refractivity contribution is 9.10. The Morgan fingerprint density at radius 3 is 2.57 bits per heavy atom. The molecule has 0 saturated heterocycles. The fourth-order valence-corrected chi connectivity index (χ4v) is 4.00. The number of hydrogen-bond donors (Lipinski definition) is 2. The lowest BCUT2D eigenvalue weighted by Crippen LogP contribution is -2.62. The van der Waals surface area contributed by atoms with Crippen LogP contribution in [0.4, 0.5) is 4.39 Å². The molecule has 5 heteroatoms. The maximum absolute atomic E-state index is 14.1. The lowest BCUT2D eigenvalue weighted by Gasteiger charge is -2.48. The van der Waals surface area contributed by atoms with Crippen molar-refractivity contribution >= 4 is 15.9 Å². The van der Waals surface area contributed by atoms with Gasteiger partial charge < -0.3 is 4.90 Å². The average Bonchev–Trinajstić information content (AvgIpc) is 2.48. The normalized spacial score (nSPS) is 19.7. The van der Waals surface area contributed by atoms with Gasteiger partial charge in [0.1, 0.15) is 5.82 Å². The zero-order valence-electron chi connectivity index (χ0n) is 12.8. The van der Waals surface area contributed by atoms with Gasteiger partial charge >= 0.3 is 0 Å². The molecule has 0 aromatic heterocycles. The van der Waals surface area contributed by atoms with Gasteiger partial charge in [0, 0.05) is 16.1 Å². The van der Waals surface area contributed by atoms with Gasteiger partial charge in [-0.1, -0.05) is 35.2 Å². The first kappa shape index (κ1) is 16.9. The van der Waals surface area contributed by atoms with Crippen molar-refractivity contribution in [2.75, 3.05) is 14.1 Å². The first-order valence-electron chi connectivity index (χ1n) is 7.57. The molecule has 2 rings (SSSR count). The number of benzene rings is 1. The minimum absolute atomic E-state index is 0.00174. The van der Waals surface area contributed by atoms with Gasteiger partial charge in [-0.15, -0.1) is 0 Å². The number of hydrazine groups is 1. The summed E-state index contributed by atoms with van der Waals surface area (Å²) in [4.78, 5) is 2.27. The van der Waals surface area contributed by atoms with E-state index in [4.69, 9.17) is 5.84 Å². The third kappa shape index (κ3) is 3.65. The van der Waals surface area contributed by atoms with Crippen molar-refractivity contribution in [2.24, 2.45) is 5.84 Å². The van der Waals surface area contributed by atoms with Crippen LogP contribution in [0.1, 0.15) is 37.7 Å². The SMILES string of the molecule is CN(C)C1(C(Cc2cc(Br)ccc2F)NN)CCCCC1. The Morgan fingerprint density at radius 2 is 2.00 bits per heavy atom. The van der Waals surface area contributed by atoms with Gasteiger partial charge in [0.15, 0.2) is 0 Å². The molecule has 0 heterocycles. The summed E-state index contributed by atoms with van der Waals surface area (Å²) in [6.07, 6.45) is 6.49. The molecule has 3 nitrogen and oxygen atoms in total. The summed E-state index contributed by atoms with van der Waals surface area (Å²) >= 11 is 3.42. The fourth-order valence-electron chi connectivity index (χ4n) is 3.60. The number of hydrogen-bond acceptors (Lipinski definition) is 3. The largest absolute Gasteiger partial charge is 0.302 e. The quantitative estimate of drug-likeness (QED) is 0.627. The summed E-state index contributed by atoms with van der Waals surface area (Å²) < 4.78 is 15.0. The second-order valence-corrected chi connectivity index (χ2v) is 7.13. The number of nitrogens with two attached hydrogens (primary N) is 1. The van der Waals surface area contributed by atoms with Crippen molar-refractivity contribution in [1.82, 2.24) is 10.3 Å². The smallest absolute Gasteiger partial charge is 0.126 e. The van der Waals surface area contributed by atoms with Gasteiger partial charge in [-0.25, -0.2) is 4.39 Å². The molecule has 1 aromatic carbocycles. The number of halogens is 2. The lowest BCUT2D eigenvalue weighted by molar-refractivity contribution is 0.0566. The molecule has 21 heavy (non-hydrogen) atoms. The summed E-state index contributed by atoms with van der Waals surface area (Å²) in [6.45, 7) is 0. The molecular weight excluding hydrogens is 333 g/mol. The van der Waals surface area contributed by atoms with Gasteiger partial charge in [-0.2, -0.15) is 0 Å². The molecule has 1 fully saturated rings. The van der Waals surface area contributed by atoms with Crippen LogP contribution in [0.15, 0.2) is 22.7 Å². The van der Waals surface area contributed by atoms with E-state index < -0.39 is 0 Å². The molecule has 1 saturated carbocycles. The molecule has 1 aliphatic rings. The van der Waals surface area contributed by atoms with Gasteiger partial charge in [0.25, 0.3) is 0 Å². The molecule has 0 bridgehead atoms. The van der Waals surface area contributed by atoms with E-state index in [-0.39, 0.29) is 17.4 Å². The summed E-state index contributed by atoms with van der Waals surface area (Å²) in [5.41, 5.74) is 3.67. The predicted octanol–water partition coefficient (Wildman–Crippen LogP) is 3.23. The van der Waals surface area contributed by atoms with E-state index in [1.807, 2.05) is 6.07 Å². The molecule has 1 aromatic rings. The second kappa shape index (κ2) is 7.18. The van der Waals surface area contributed by atoms with Crippen LogP contribution in [0.3, 0.4) is 0 Å². The van der Waals surface area contributed by atoms with Crippen LogP contribution in [0, 0.1) is 5.82 Å². The maximum Gasteiger partial charge on any atom is 0.126 e. The molecule has 0 spiro atoms. The first-order valence-corrected chi connectivity index (χ1v) is 8.36. The Kier molecular flexibility index (Phi) is 5.77. The van der Waals surface area contributed by atoms with E-state index in [0.29, 0.717) is 12.0 Å². The Labute approximate surface area is 135 Å². The number of rotatable bonds is 5. The van der Waals surface area contributed by atoms with Crippen molar-refractivity contribution in [1.29, 1.82) is 0 Å². The molecule has 1 unspecified atom stereocenters. The van der Waals surface area contributed by atoms with E-state index >= 15 is 0 Å². The highest BCUT2D eigenvalue weighted by Crippen LogP contribution is 2.36. The number of nitrogens with zero attached hydrogens (tertiary/aromatic N) is 1. The zero-order valence-corrected chi connectivity index (χ0v) is 14.4. The molecule has 0 radical (unpaired) electrons. The van der Waals surface area contributed by atoms with Crippen LogP contribution in [-0.2, 0) is 6.42 Å². The molecule has 1 atom stereocenters. The Morgan fingerprint density at radius 1 is 1.33 bits per heavy atom.